The van der Waals surface area contributed by atoms with Gasteiger partial charge in [-0.3, -0.25) is 9.59 Å². The fourth-order valence-corrected chi connectivity index (χ4v) is 4.21. The minimum absolute atomic E-state index is 0. The Morgan fingerprint density at radius 3 is 2.62 bits per heavy atom. The van der Waals surface area contributed by atoms with E-state index in [1.54, 1.807) is 0 Å². The molecular formula is C20H35ClN6O2. The van der Waals surface area contributed by atoms with Gasteiger partial charge in [-0.15, -0.1) is 17.5 Å². The largest absolute Gasteiger partial charge is 0.356 e. The molecule has 0 saturated carbocycles. The number of halogens is 1. The Hall–Kier alpha value is -1.67. The number of amides is 2. The van der Waals surface area contributed by atoms with Gasteiger partial charge in [0, 0.05) is 19.1 Å². The topological polar surface area (TPSA) is 92.2 Å². The van der Waals surface area contributed by atoms with E-state index < -0.39 is 0 Å². The third-order valence-electron chi connectivity index (χ3n) is 6.13. The number of carbonyl (C=O) groups is 2. The molecule has 2 atom stereocenters. The molecule has 3 heterocycles. The molecule has 29 heavy (non-hydrogen) atoms. The fraction of sp³-hybridized carbons (Fsp3) is 0.800. The van der Waals surface area contributed by atoms with Crippen LogP contribution in [0, 0.1) is 12.8 Å². The maximum Gasteiger partial charge on any atom is 0.276 e. The monoisotopic (exact) mass is 426 g/mol. The lowest BCUT2D eigenvalue weighted by molar-refractivity contribution is -0.126. The second-order valence-electron chi connectivity index (χ2n) is 8.17. The molecular weight excluding hydrogens is 392 g/mol. The minimum Gasteiger partial charge on any atom is -0.356 e. The first-order valence-corrected chi connectivity index (χ1v) is 10.7. The van der Waals surface area contributed by atoms with Crippen molar-refractivity contribution in [2.75, 3.05) is 26.2 Å². The zero-order chi connectivity index (χ0) is 20.1. The van der Waals surface area contributed by atoms with Crippen LogP contribution < -0.4 is 10.6 Å². The summed E-state index contributed by atoms with van der Waals surface area (Å²) in [4.78, 5) is 27.5. The molecule has 0 spiro atoms. The zero-order valence-corrected chi connectivity index (χ0v) is 18.6. The lowest BCUT2D eigenvalue weighted by Crippen LogP contribution is -2.49. The van der Waals surface area contributed by atoms with Crippen LogP contribution in [0.1, 0.15) is 74.6 Å². The van der Waals surface area contributed by atoms with Gasteiger partial charge < -0.3 is 15.5 Å². The van der Waals surface area contributed by atoms with Crippen molar-refractivity contribution in [3.05, 3.63) is 11.4 Å². The number of rotatable bonds is 6. The predicted molar refractivity (Wildman–Crippen MR) is 114 cm³/mol. The molecule has 0 radical (unpaired) electrons. The molecule has 2 aliphatic heterocycles. The van der Waals surface area contributed by atoms with Crippen LogP contribution in [-0.2, 0) is 4.79 Å². The molecule has 2 N–H and O–H groups in total. The van der Waals surface area contributed by atoms with Crippen molar-refractivity contribution in [3.63, 3.8) is 0 Å². The van der Waals surface area contributed by atoms with Gasteiger partial charge in [-0.05, 0) is 59.0 Å². The van der Waals surface area contributed by atoms with Gasteiger partial charge in [-0.25, -0.2) is 4.68 Å². The van der Waals surface area contributed by atoms with E-state index >= 15 is 0 Å². The van der Waals surface area contributed by atoms with Crippen molar-refractivity contribution in [2.45, 2.75) is 71.4 Å². The van der Waals surface area contributed by atoms with Crippen LogP contribution in [0.2, 0.25) is 0 Å². The molecule has 8 nitrogen and oxygen atoms in total. The number of nitrogens with one attached hydrogen (secondary N) is 2. The van der Waals surface area contributed by atoms with Crippen LogP contribution in [0.25, 0.3) is 0 Å². The predicted octanol–water partition coefficient (Wildman–Crippen LogP) is 2.09. The molecule has 3 rings (SSSR count). The van der Waals surface area contributed by atoms with Crippen molar-refractivity contribution in [1.82, 2.24) is 30.5 Å². The highest BCUT2D eigenvalue weighted by atomic mass is 35.5. The number of carbonyl (C=O) groups excluding carboxylic acids is 2. The third-order valence-corrected chi connectivity index (χ3v) is 6.13. The van der Waals surface area contributed by atoms with Crippen LogP contribution in [-0.4, -0.2) is 63.9 Å². The van der Waals surface area contributed by atoms with E-state index in [4.69, 9.17) is 0 Å². The summed E-state index contributed by atoms with van der Waals surface area (Å²) in [7, 11) is 0. The first-order chi connectivity index (χ1) is 13.5. The second-order valence-corrected chi connectivity index (χ2v) is 8.17. The van der Waals surface area contributed by atoms with Crippen molar-refractivity contribution in [1.29, 1.82) is 0 Å². The number of nitrogens with zero attached hydrogens (tertiary/aromatic N) is 4. The Bertz CT molecular complexity index is 689. The number of likely N-dealkylation sites (tertiary alicyclic amines) is 1. The third kappa shape index (κ3) is 5.48. The lowest BCUT2D eigenvalue weighted by Gasteiger charge is -2.37. The standard InChI is InChI=1S/C20H34N6O2.ClH/c1-4-5-10-22-19(27)16-7-6-14(2)25(13-16)20(28)18-15(3)26(24-23-18)17-8-11-21-12-9-17;/h14,16-17,21H,4-13H2,1-3H3,(H,22,27);1H. The van der Waals surface area contributed by atoms with Gasteiger partial charge in [0.1, 0.15) is 0 Å². The number of hydrogen-bond acceptors (Lipinski definition) is 5. The van der Waals surface area contributed by atoms with Gasteiger partial charge >= 0.3 is 0 Å². The molecule has 9 heteroatoms. The number of unbranched alkanes of at least 4 members (excludes halogenated alkanes) is 1. The highest BCUT2D eigenvalue weighted by Crippen LogP contribution is 2.26. The van der Waals surface area contributed by atoms with Gasteiger partial charge in [0.05, 0.1) is 17.7 Å². The van der Waals surface area contributed by atoms with Gasteiger partial charge in [0.25, 0.3) is 5.91 Å². The van der Waals surface area contributed by atoms with Crippen molar-refractivity contribution < 1.29 is 9.59 Å². The Morgan fingerprint density at radius 1 is 1.21 bits per heavy atom. The number of piperidine rings is 2. The normalized spacial score (nSPS) is 22.8. The van der Waals surface area contributed by atoms with Crippen LogP contribution in [0.15, 0.2) is 0 Å². The van der Waals surface area contributed by atoms with Gasteiger partial charge in [0.15, 0.2) is 5.69 Å². The molecule has 2 fully saturated rings. The SMILES string of the molecule is CCCCNC(=O)C1CCC(C)N(C(=O)c2nnn(C3CCNCC3)c2C)C1.Cl. The van der Waals surface area contributed by atoms with E-state index in [1.165, 1.54) is 0 Å². The lowest BCUT2D eigenvalue weighted by atomic mass is 9.92. The van der Waals surface area contributed by atoms with E-state index in [9.17, 15) is 9.59 Å². The second kappa shape index (κ2) is 10.9. The van der Waals surface area contributed by atoms with E-state index in [2.05, 4.69) is 34.8 Å². The van der Waals surface area contributed by atoms with Crippen LogP contribution >= 0.6 is 12.4 Å². The van der Waals surface area contributed by atoms with Crippen molar-refractivity contribution >= 4 is 24.2 Å². The molecule has 1 aromatic rings. The molecule has 2 unspecified atom stereocenters. The summed E-state index contributed by atoms with van der Waals surface area (Å²) in [5.41, 5.74) is 1.26. The van der Waals surface area contributed by atoms with Crippen LogP contribution in [0.5, 0.6) is 0 Å². The Balaban J connectivity index is 0.00000300. The highest BCUT2D eigenvalue weighted by Gasteiger charge is 2.35. The highest BCUT2D eigenvalue weighted by molar-refractivity contribution is 5.94. The van der Waals surface area contributed by atoms with Crippen LogP contribution in [0.4, 0.5) is 0 Å². The summed E-state index contributed by atoms with van der Waals surface area (Å²) in [5, 5.41) is 14.9. The summed E-state index contributed by atoms with van der Waals surface area (Å²) >= 11 is 0. The average molecular weight is 427 g/mol. The first-order valence-electron chi connectivity index (χ1n) is 10.7. The zero-order valence-electron chi connectivity index (χ0n) is 17.8. The van der Waals surface area contributed by atoms with Crippen LogP contribution in [0.3, 0.4) is 0 Å². The summed E-state index contributed by atoms with van der Waals surface area (Å²) in [6, 6.07) is 0.404. The minimum atomic E-state index is -0.142. The molecule has 2 amide bonds. The summed E-state index contributed by atoms with van der Waals surface area (Å²) < 4.78 is 1.91. The summed E-state index contributed by atoms with van der Waals surface area (Å²) in [5.74, 6) is -0.179. The fourth-order valence-electron chi connectivity index (χ4n) is 4.21. The van der Waals surface area contributed by atoms with Gasteiger partial charge in [-0.1, -0.05) is 18.6 Å². The Morgan fingerprint density at radius 2 is 1.93 bits per heavy atom. The molecule has 164 valence electrons. The Labute approximate surface area is 179 Å². The van der Waals surface area contributed by atoms with E-state index in [1.807, 2.05) is 16.5 Å². The van der Waals surface area contributed by atoms with Gasteiger partial charge in [0.2, 0.25) is 5.91 Å². The van der Waals surface area contributed by atoms with E-state index in [-0.39, 0.29) is 36.2 Å². The smallest absolute Gasteiger partial charge is 0.276 e. The maximum absolute atomic E-state index is 13.2. The maximum atomic E-state index is 13.2. The molecule has 0 aliphatic carbocycles. The Kier molecular flexibility index (Phi) is 8.89. The number of hydrogen-bond donors (Lipinski definition) is 2. The van der Waals surface area contributed by atoms with Crippen molar-refractivity contribution in [3.8, 4) is 0 Å². The molecule has 0 aromatic carbocycles. The van der Waals surface area contributed by atoms with E-state index in [0.717, 1.165) is 57.3 Å². The quantitative estimate of drug-likeness (QED) is 0.679. The number of aromatic nitrogens is 3. The van der Waals surface area contributed by atoms with E-state index in [0.29, 0.717) is 24.8 Å². The average Bonchev–Trinajstić information content (AvgIpc) is 3.10. The molecule has 2 aliphatic rings. The molecule has 0 bridgehead atoms. The molecule has 1 aromatic heterocycles. The summed E-state index contributed by atoms with van der Waals surface area (Å²) in [6.45, 7) is 9.18. The molecule has 2 saturated heterocycles. The summed E-state index contributed by atoms with van der Waals surface area (Å²) in [6.07, 6.45) is 5.69. The van der Waals surface area contributed by atoms with Crippen molar-refractivity contribution in [2.24, 2.45) is 5.92 Å². The van der Waals surface area contributed by atoms with Gasteiger partial charge in [-0.2, -0.15) is 0 Å². The first kappa shape index (κ1) is 23.6.